The summed E-state index contributed by atoms with van der Waals surface area (Å²) in [4.78, 5) is 22.4. The maximum absolute atomic E-state index is 11.6. The molecule has 2 rings (SSSR count). The number of carboxylic acids is 1. The Kier molecular flexibility index (Phi) is 2.24. The molecule has 0 radical (unpaired) electrons. The van der Waals surface area contributed by atoms with Gasteiger partial charge in [0.05, 0.1) is 5.92 Å². The number of aliphatic carboxylic acids is 1. The SMILES string of the molecule is CC(C)[C@]12CC[C@H](C(=O)[O-])[C@H](C1)C(=O)O2. The highest BCUT2D eigenvalue weighted by Gasteiger charge is 2.54. The van der Waals surface area contributed by atoms with Crippen LogP contribution in [-0.4, -0.2) is 17.5 Å². The Balaban J connectivity index is 2.24. The Labute approximate surface area is 88.6 Å². The maximum atomic E-state index is 11.6. The second-order valence-corrected chi connectivity index (χ2v) is 4.92. The van der Waals surface area contributed by atoms with Crippen molar-refractivity contribution in [2.45, 2.75) is 38.7 Å². The third-order valence-corrected chi connectivity index (χ3v) is 3.89. The molecular weight excluding hydrogens is 196 g/mol. The number of carbonyl (C=O) groups excluding carboxylic acids is 2. The molecule has 0 N–H and O–H groups in total. The Morgan fingerprint density at radius 2 is 2.27 bits per heavy atom. The molecule has 2 fully saturated rings. The lowest BCUT2D eigenvalue weighted by Gasteiger charge is -2.37. The van der Waals surface area contributed by atoms with Crippen LogP contribution in [0.15, 0.2) is 0 Å². The normalized spacial score (nSPS) is 39.3. The highest BCUT2D eigenvalue weighted by molar-refractivity contribution is 5.82. The molecule has 0 spiro atoms. The summed E-state index contributed by atoms with van der Waals surface area (Å²) >= 11 is 0. The average molecular weight is 211 g/mol. The van der Waals surface area contributed by atoms with E-state index in [2.05, 4.69) is 0 Å². The molecule has 4 heteroatoms. The Bertz CT molecular complexity index is 310. The number of esters is 1. The zero-order valence-electron chi connectivity index (χ0n) is 8.99. The van der Waals surface area contributed by atoms with Gasteiger partial charge in [-0.15, -0.1) is 0 Å². The number of ether oxygens (including phenoxy) is 1. The summed E-state index contributed by atoms with van der Waals surface area (Å²) in [6.45, 7) is 4.02. The van der Waals surface area contributed by atoms with E-state index in [1.165, 1.54) is 0 Å². The number of fused-ring (bicyclic) bond motifs is 2. The third kappa shape index (κ3) is 1.43. The molecule has 1 saturated carbocycles. The lowest BCUT2D eigenvalue weighted by Crippen LogP contribution is -2.43. The Morgan fingerprint density at radius 3 is 2.80 bits per heavy atom. The van der Waals surface area contributed by atoms with E-state index in [4.69, 9.17) is 4.74 Å². The van der Waals surface area contributed by atoms with Gasteiger partial charge in [0.2, 0.25) is 0 Å². The van der Waals surface area contributed by atoms with E-state index in [1.54, 1.807) is 0 Å². The van der Waals surface area contributed by atoms with Crippen molar-refractivity contribution < 1.29 is 19.4 Å². The zero-order valence-corrected chi connectivity index (χ0v) is 8.99. The second-order valence-electron chi connectivity index (χ2n) is 4.92. The van der Waals surface area contributed by atoms with Crippen molar-refractivity contribution in [2.75, 3.05) is 0 Å². The van der Waals surface area contributed by atoms with Gasteiger partial charge in [-0.25, -0.2) is 0 Å². The van der Waals surface area contributed by atoms with Gasteiger partial charge in [-0.05, 0) is 18.8 Å². The fourth-order valence-corrected chi connectivity index (χ4v) is 2.76. The molecule has 1 saturated heterocycles. The number of carbonyl (C=O) groups is 2. The van der Waals surface area contributed by atoms with Crippen LogP contribution in [0.25, 0.3) is 0 Å². The van der Waals surface area contributed by atoms with Crippen LogP contribution in [0, 0.1) is 17.8 Å². The van der Waals surface area contributed by atoms with E-state index in [-0.39, 0.29) is 11.9 Å². The van der Waals surface area contributed by atoms with E-state index in [0.717, 1.165) is 0 Å². The number of hydrogen-bond acceptors (Lipinski definition) is 4. The van der Waals surface area contributed by atoms with E-state index in [9.17, 15) is 14.7 Å². The van der Waals surface area contributed by atoms with Crippen molar-refractivity contribution in [1.29, 1.82) is 0 Å². The summed E-state index contributed by atoms with van der Waals surface area (Å²) in [6, 6.07) is 0. The van der Waals surface area contributed by atoms with E-state index in [1.807, 2.05) is 13.8 Å². The largest absolute Gasteiger partial charge is 0.550 e. The molecule has 0 amide bonds. The van der Waals surface area contributed by atoms with Gasteiger partial charge in [0.15, 0.2) is 0 Å². The van der Waals surface area contributed by atoms with Crippen molar-refractivity contribution >= 4 is 11.9 Å². The summed E-state index contributed by atoms with van der Waals surface area (Å²) in [5.41, 5.74) is -0.409. The number of rotatable bonds is 2. The molecule has 2 bridgehead atoms. The molecule has 1 heterocycles. The van der Waals surface area contributed by atoms with Gasteiger partial charge in [-0.3, -0.25) is 4.79 Å². The first-order valence-corrected chi connectivity index (χ1v) is 5.40. The summed E-state index contributed by atoms with van der Waals surface area (Å²) in [6.07, 6.45) is 1.69. The fourth-order valence-electron chi connectivity index (χ4n) is 2.76. The maximum Gasteiger partial charge on any atom is 0.310 e. The van der Waals surface area contributed by atoms with Gasteiger partial charge in [-0.2, -0.15) is 0 Å². The van der Waals surface area contributed by atoms with Gasteiger partial charge >= 0.3 is 5.97 Å². The summed E-state index contributed by atoms with van der Waals surface area (Å²) in [5, 5.41) is 10.8. The van der Waals surface area contributed by atoms with Crippen LogP contribution in [0.4, 0.5) is 0 Å². The van der Waals surface area contributed by atoms with Crippen LogP contribution in [0.5, 0.6) is 0 Å². The van der Waals surface area contributed by atoms with Gasteiger partial charge in [0, 0.05) is 18.3 Å². The van der Waals surface area contributed by atoms with E-state index in [0.29, 0.717) is 19.3 Å². The van der Waals surface area contributed by atoms with Crippen molar-refractivity contribution in [3.8, 4) is 0 Å². The average Bonchev–Trinajstić information content (AvgIpc) is 2.40. The van der Waals surface area contributed by atoms with E-state index >= 15 is 0 Å². The first kappa shape index (κ1) is 10.5. The van der Waals surface area contributed by atoms with Crippen LogP contribution >= 0.6 is 0 Å². The molecule has 0 unspecified atom stereocenters. The first-order chi connectivity index (χ1) is 6.96. The Morgan fingerprint density at radius 1 is 1.60 bits per heavy atom. The highest BCUT2D eigenvalue weighted by atomic mass is 16.6. The summed E-state index contributed by atoms with van der Waals surface area (Å²) in [7, 11) is 0. The predicted octanol–water partition coefficient (Wildman–Crippen LogP) is 0.104. The van der Waals surface area contributed by atoms with Crippen LogP contribution in [0.3, 0.4) is 0 Å². The van der Waals surface area contributed by atoms with Crippen molar-refractivity contribution in [1.82, 2.24) is 0 Å². The Hall–Kier alpha value is -1.06. The topological polar surface area (TPSA) is 66.4 Å². The van der Waals surface area contributed by atoms with E-state index < -0.39 is 23.4 Å². The molecule has 15 heavy (non-hydrogen) atoms. The summed E-state index contributed by atoms with van der Waals surface area (Å²) in [5.74, 6) is -2.35. The predicted molar refractivity (Wildman–Crippen MR) is 49.5 cm³/mol. The molecule has 1 aliphatic heterocycles. The van der Waals surface area contributed by atoms with Crippen LogP contribution in [-0.2, 0) is 14.3 Å². The minimum Gasteiger partial charge on any atom is -0.550 e. The first-order valence-electron chi connectivity index (χ1n) is 5.40. The lowest BCUT2D eigenvalue weighted by atomic mass is 9.70. The van der Waals surface area contributed by atoms with Crippen LogP contribution in [0.1, 0.15) is 33.1 Å². The molecule has 0 aromatic carbocycles. The standard InChI is InChI=1S/C11H16O4/c1-6(2)11-4-3-7(9(12)13)8(5-11)10(14)15-11/h6-8H,3-5H2,1-2H3,(H,12,13)/p-1/t7-,8-,11-/m0/s1. The third-order valence-electron chi connectivity index (χ3n) is 3.89. The van der Waals surface area contributed by atoms with Crippen LogP contribution in [0.2, 0.25) is 0 Å². The smallest absolute Gasteiger partial charge is 0.310 e. The minimum atomic E-state index is -1.11. The minimum absolute atomic E-state index is 0.245. The van der Waals surface area contributed by atoms with Gasteiger partial charge in [0.1, 0.15) is 5.60 Å². The zero-order chi connectivity index (χ0) is 11.2. The van der Waals surface area contributed by atoms with Crippen molar-refractivity contribution in [3.63, 3.8) is 0 Å². The molecule has 0 aromatic rings. The summed E-state index contributed by atoms with van der Waals surface area (Å²) < 4.78 is 5.38. The highest BCUT2D eigenvalue weighted by Crippen LogP contribution is 2.49. The van der Waals surface area contributed by atoms with Crippen molar-refractivity contribution in [3.05, 3.63) is 0 Å². The monoisotopic (exact) mass is 211 g/mol. The molecule has 0 aromatic heterocycles. The van der Waals surface area contributed by atoms with Crippen molar-refractivity contribution in [2.24, 2.45) is 17.8 Å². The molecular formula is C11H15O4-. The second kappa shape index (κ2) is 3.22. The molecule has 4 nitrogen and oxygen atoms in total. The van der Waals surface area contributed by atoms with Gasteiger partial charge in [-0.1, -0.05) is 13.8 Å². The molecule has 1 aliphatic carbocycles. The number of hydrogen-bond donors (Lipinski definition) is 0. The van der Waals surface area contributed by atoms with Gasteiger partial charge < -0.3 is 14.6 Å². The quantitative estimate of drug-likeness (QED) is 0.608. The lowest BCUT2D eigenvalue weighted by molar-refractivity contribution is -0.313. The number of carboxylic acid groups (broad SMARTS) is 1. The van der Waals surface area contributed by atoms with Crippen LogP contribution < -0.4 is 5.11 Å². The molecule has 84 valence electrons. The molecule has 3 atom stereocenters. The molecule has 2 aliphatic rings. The van der Waals surface area contributed by atoms with Gasteiger partial charge in [0.25, 0.3) is 0 Å². The fraction of sp³-hybridized carbons (Fsp3) is 0.818.